The topological polar surface area (TPSA) is 50.9 Å². The van der Waals surface area contributed by atoms with Crippen LogP contribution in [0.5, 0.6) is 0 Å². The van der Waals surface area contributed by atoms with Gasteiger partial charge in [-0.1, -0.05) is 20.3 Å². The number of aryl methyl sites for hydroxylation is 1. The lowest BCUT2D eigenvalue weighted by Crippen LogP contribution is -2.16. The maximum absolute atomic E-state index is 5.60. The molecule has 1 aromatic heterocycles. The second-order valence-electron chi connectivity index (χ2n) is 4.74. The minimum Gasteiger partial charge on any atom is -0.330 e. The van der Waals surface area contributed by atoms with Crippen LogP contribution in [0, 0.1) is 5.92 Å². The van der Waals surface area contributed by atoms with Crippen LogP contribution in [0.1, 0.15) is 49.4 Å². The van der Waals surface area contributed by atoms with E-state index in [0.717, 1.165) is 32.0 Å². The van der Waals surface area contributed by atoms with Gasteiger partial charge >= 0.3 is 0 Å². The van der Waals surface area contributed by atoms with Gasteiger partial charge in [0, 0.05) is 17.6 Å². The second-order valence-corrected chi connectivity index (χ2v) is 5.94. The summed E-state index contributed by atoms with van der Waals surface area (Å²) < 4.78 is 0. The van der Waals surface area contributed by atoms with Gasteiger partial charge in [0.1, 0.15) is 5.01 Å². The first-order valence-corrected chi connectivity index (χ1v) is 7.96. The number of rotatable bonds is 10. The van der Waals surface area contributed by atoms with Gasteiger partial charge in [-0.25, -0.2) is 4.98 Å². The fourth-order valence-electron chi connectivity index (χ4n) is 2.09. The Bertz CT molecular complexity index is 312. The molecule has 0 aliphatic carbocycles. The van der Waals surface area contributed by atoms with Gasteiger partial charge in [0.2, 0.25) is 0 Å². The summed E-state index contributed by atoms with van der Waals surface area (Å²) in [6.45, 7) is 7.26. The van der Waals surface area contributed by atoms with Crippen molar-refractivity contribution >= 4 is 11.3 Å². The normalized spacial score (nSPS) is 12.8. The van der Waals surface area contributed by atoms with Crippen molar-refractivity contribution in [2.45, 2.75) is 52.5 Å². The van der Waals surface area contributed by atoms with Gasteiger partial charge in [-0.2, -0.15) is 0 Å². The molecular weight excluding hydrogens is 242 g/mol. The molecule has 0 aromatic carbocycles. The van der Waals surface area contributed by atoms with E-state index in [4.69, 9.17) is 5.73 Å². The minimum absolute atomic E-state index is 0.809. The molecule has 18 heavy (non-hydrogen) atoms. The van der Waals surface area contributed by atoms with E-state index in [0.29, 0.717) is 0 Å². The Morgan fingerprint density at radius 2 is 2.22 bits per heavy atom. The Balaban J connectivity index is 2.07. The van der Waals surface area contributed by atoms with Crippen LogP contribution in [-0.4, -0.2) is 18.1 Å². The third-order valence-corrected chi connectivity index (χ3v) is 4.49. The van der Waals surface area contributed by atoms with Crippen LogP contribution in [0.3, 0.4) is 0 Å². The van der Waals surface area contributed by atoms with Crippen LogP contribution in [0.15, 0.2) is 6.20 Å². The number of hydrogen-bond acceptors (Lipinski definition) is 4. The van der Waals surface area contributed by atoms with E-state index in [9.17, 15) is 0 Å². The number of aromatic nitrogens is 1. The maximum Gasteiger partial charge on any atom is 0.107 e. The van der Waals surface area contributed by atoms with E-state index < -0.39 is 0 Å². The van der Waals surface area contributed by atoms with Crippen LogP contribution < -0.4 is 11.1 Å². The largest absolute Gasteiger partial charge is 0.330 e. The summed E-state index contributed by atoms with van der Waals surface area (Å²) in [6, 6.07) is 0. The molecule has 0 bridgehead atoms. The summed E-state index contributed by atoms with van der Waals surface area (Å²) in [6.07, 6.45) is 8.04. The first kappa shape index (κ1) is 15.6. The number of nitrogens with two attached hydrogens (primary N) is 1. The fraction of sp³-hybridized carbons (Fsp3) is 0.786. The third kappa shape index (κ3) is 5.94. The summed E-state index contributed by atoms with van der Waals surface area (Å²) in [5.74, 6) is 0.809. The van der Waals surface area contributed by atoms with Crippen molar-refractivity contribution in [2.75, 3.05) is 13.1 Å². The predicted molar refractivity (Wildman–Crippen MR) is 79.9 cm³/mol. The molecule has 1 atom stereocenters. The van der Waals surface area contributed by atoms with Crippen LogP contribution >= 0.6 is 11.3 Å². The molecular formula is C14H27N3S. The highest BCUT2D eigenvalue weighted by atomic mass is 32.1. The smallest absolute Gasteiger partial charge is 0.107 e. The molecule has 0 aliphatic heterocycles. The van der Waals surface area contributed by atoms with Crippen molar-refractivity contribution in [1.82, 2.24) is 10.3 Å². The van der Waals surface area contributed by atoms with Crippen molar-refractivity contribution < 1.29 is 0 Å². The maximum atomic E-state index is 5.60. The molecule has 0 amide bonds. The molecule has 1 heterocycles. The standard InChI is InChI=1S/C14H27N3S/c1-3-12(7-8-15)6-5-9-16-11-14-17-10-13(4-2)18-14/h10,12,16H,3-9,11,15H2,1-2H3. The Morgan fingerprint density at radius 3 is 2.83 bits per heavy atom. The summed E-state index contributed by atoms with van der Waals surface area (Å²) >= 11 is 1.82. The lowest BCUT2D eigenvalue weighted by molar-refractivity contribution is 0.422. The molecule has 3 nitrogen and oxygen atoms in total. The highest BCUT2D eigenvalue weighted by Gasteiger charge is 2.04. The van der Waals surface area contributed by atoms with Gasteiger partial charge in [0.05, 0.1) is 0 Å². The SMILES string of the molecule is CCc1cnc(CNCCCC(CC)CCN)s1. The number of nitrogens with zero attached hydrogens (tertiary/aromatic N) is 1. The van der Waals surface area contributed by atoms with Crippen molar-refractivity contribution in [3.63, 3.8) is 0 Å². The van der Waals surface area contributed by atoms with E-state index in [1.807, 2.05) is 17.5 Å². The van der Waals surface area contributed by atoms with Crippen molar-refractivity contribution in [1.29, 1.82) is 0 Å². The second kappa shape index (κ2) is 9.48. The van der Waals surface area contributed by atoms with E-state index >= 15 is 0 Å². The molecule has 0 spiro atoms. The molecule has 0 radical (unpaired) electrons. The zero-order valence-corrected chi connectivity index (χ0v) is 12.6. The molecule has 0 fully saturated rings. The summed E-state index contributed by atoms with van der Waals surface area (Å²) in [4.78, 5) is 5.78. The number of hydrogen-bond donors (Lipinski definition) is 2. The lowest BCUT2D eigenvalue weighted by atomic mass is 9.97. The van der Waals surface area contributed by atoms with Gasteiger partial charge in [-0.05, 0) is 44.7 Å². The lowest BCUT2D eigenvalue weighted by Gasteiger charge is -2.13. The van der Waals surface area contributed by atoms with Gasteiger partial charge in [-0.15, -0.1) is 11.3 Å². The van der Waals surface area contributed by atoms with E-state index in [1.54, 1.807) is 0 Å². The first-order chi connectivity index (χ1) is 8.80. The Kier molecular flexibility index (Phi) is 8.22. The van der Waals surface area contributed by atoms with E-state index in [1.165, 1.54) is 35.6 Å². The molecule has 0 saturated carbocycles. The van der Waals surface area contributed by atoms with Crippen LogP contribution in [-0.2, 0) is 13.0 Å². The highest BCUT2D eigenvalue weighted by Crippen LogP contribution is 2.15. The minimum atomic E-state index is 0.809. The Morgan fingerprint density at radius 1 is 1.39 bits per heavy atom. The fourth-order valence-corrected chi connectivity index (χ4v) is 2.92. The summed E-state index contributed by atoms with van der Waals surface area (Å²) in [5.41, 5.74) is 5.60. The summed E-state index contributed by atoms with van der Waals surface area (Å²) in [7, 11) is 0. The van der Waals surface area contributed by atoms with Crippen LogP contribution in [0.4, 0.5) is 0 Å². The van der Waals surface area contributed by atoms with Crippen LogP contribution in [0.25, 0.3) is 0 Å². The molecule has 1 aromatic rings. The molecule has 1 unspecified atom stereocenters. The zero-order valence-electron chi connectivity index (χ0n) is 11.7. The van der Waals surface area contributed by atoms with Crippen LogP contribution in [0.2, 0.25) is 0 Å². The molecule has 1 rings (SSSR count). The average Bonchev–Trinajstić information content (AvgIpc) is 2.85. The predicted octanol–water partition coefficient (Wildman–Crippen LogP) is 2.95. The molecule has 0 saturated heterocycles. The Labute approximate surface area is 115 Å². The van der Waals surface area contributed by atoms with Crippen molar-refractivity contribution in [3.8, 4) is 0 Å². The molecule has 4 heteroatoms. The zero-order chi connectivity index (χ0) is 13.2. The van der Waals surface area contributed by atoms with Crippen molar-refractivity contribution in [3.05, 3.63) is 16.1 Å². The number of nitrogens with one attached hydrogen (secondary N) is 1. The van der Waals surface area contributed by atoms with Gasteiger partial charge in [0.25, 0.3) is 0 Å². The number of thiazole rings is 1. The highest BCUT2D eigenvalue weighted by molar-refractivity contribution is 7.11. The Hall–Kier alpha value is -0.450. The average molecular weight is 269 g/mol. The van der Waals surface area contributed by atoms with Gasteiger partial charge in [-0.3, -0.25) is 0 Å². The van der Waals surface area contributed by atoms with Crippen molar-refractivity contribution in [2.24, 2.45) is 11.7 Å². The summed E-state index contributed by atoms with van der Waals surface area (Å²) in [5, 5.41) is 4.69. The van der Waals surface area contributed by atoms with Gasteiger partial charge < -0.3 is 11.1 Å². The van der Waals surface area contributed by atoms with E-state index in [2.05, 4.69) is 24.1 Å². The first-order valence-electron chi connectivity index (χ1n) is 7.14. The molecule has 0 aliphatic rings. The van der Waals surface area contributed by atoms with E-state index in [-0.39, 0.29) is 0 Å². The quantitative estimate of drug-likeness (QED) is 0.642. The molecule has 3 N–H and O–H groups in total. The molecule has 104 valence electrons. The third-order valence-electron chi connectivity index (χ3n) is 3.34. The monoisotopic (exact) mass is 269 g/mol. The van der Waals surface area contributed by atoms with Gasteiger partial charge in [0.15, 0.2) is 0 Å².